The van der Waals surface area contributed by atoms with Crippen LogP contribution in [0.2, 0.25) is 0 Å². The van der Waals surface area contributed by atoms with Gasteiger partial charge in [0.1, 0.15) is 6.04 Å². The molecule has 6 nitrogen and oxygen atoms in total. The molecule has 0 saturated carbocycles. The quantitative estimate of drug-likeness (QED) is 0.807. The molecule has 3 rings (SSSR count). The summed E-state index contributed by atoms with van der Waals surface area (Å²) in [5, 5.41) is 12.2. The summed E-state index contributed by atoms with van der Waals surface area (Å²) in [4.78, 5) is 26.6. The van der Waals surface area contributed by atoms with Gasteiger partial charge in [0.15, 0.2) is 0 Å². The lowest BCUT2D eigenvalue weighted by molar-refractivity contribution is -0.142. The highest BCUT2D eigenvalue weighted by Gasteiger charge is 2.31. The number of rotatable bonds is 6. The molecule has 0 unspecified atom stereocenters. The van der Waals surface area contributed by atoms with Crippen LogP contribution in [0.3, 0.4) is 0 Å². The number of amides is 1. The van der Waals surface area contributed by atoms with Crippen molar-refractivity contribution in [3.63, 3.8) is 0 Å². The number of nitrogens with one attached hydrogen (secondary N) is 1. The van der Waals surface area contributed by atoms with Crippen LogP contribution in [0.15, 0.2) is 30.3 Å². The normalized spacial score (nSPS) is 21.2. The van der Waals surface area contributed by atoms with Crippen LogP contribution < -0.4 is 5.32 Å². The van der Waals surface area contributed by atoms with E-state index in [1.807, 2.05) is 30.3 Å². The number of ether oxygens (including phenoxy) is 1. The second kappa shape index (κ2) is 9.14. The molecule has 2 saturated heterocycles. The molecule has 6 heteroatoms. The Kier molecular flexibility index (Phi) is 6.63. The van der Waals surface area contributed by atoms with Crippen molar-refractivity contribution in [3.05, 3.63) is 35.9 Å². The molecular weight excluding hydrogens is 332 g/mol. The number of carbonyl (C=O) groups is 2. The largest absolute Gasteiger partial charge is 0.480 e. The molecule has 2 N–H and O–H groups in total. The van der Waals surface area contributed by atoms with Gasteiger partial charge < -0.3 is 20.1 Å². The minimum Gasteiger partial charge on any atom is -0.480 e. The lowest BCUT2D eigenvalue weighted by Gasteiger charge is -2.39. The molecule has 1 atom stereocenters. The Morgan fingerprint density at radius 2 is 1.77 bits per heavy atom. The predicted octanol–water partition coefficient (Wildman–Crippen LogP) is 1.69. The van der Waals surface area contributed by atoms with Crippen molar-refractivity contribution in [2.24, 2.45) is 5.92 Å². The van der Waals surface area contributed by atoms with Crippen LogP contribution in [0, 0.1) is 5.92 Å². The van der Waals surface area contributed by atoms with E-state index in [0.29, 0.717) is 12.5 Å². The number of nitrogens with zero attached hydrogens (tertiary/aromatic N) is 1. The van der Waals surface area contributed by atoms with E-state index >= 15 is 0 Å². The van der Waals surface area contributed by atoms with Gasteiger partial charge in [-0.15, -0.1) is 0 Å². The number of hydrogen-bond donors (Lipinski definition) is 2. The first-order valence-corrected chi connectivity index (χ1v) is 9.52. The third-order valence-corrected chi connectivity index (χ3v) is 5.50. The lowest BCUT2D eigenvalue weighted by Crippen LogP contribution is -2.49. The first-order valence-electron chi connectivity index (χ1n) is 9.52. The summed E-state index contributed by atoms with van der Waals surface area (Å²) < 4.78 is 5.42. The highest BCUT2D eigenvalue weighted by Crippen LogP contribution is 2.23. The number of piperidine rings is 1. The minimum absolute atomic E-state index is 0.0938. The van der Waals surface area contributed by atoms with Gasteiger partial charge in [0.05, 0.1) is 0 Å². The summed E-state index contributed by atoms with van der Waals surface area (Å²) in [7, 11) is 0. The smallest absolute Gasteiger partial charge is 0.326 e. The van der Waals surface area contributed by atoms with Crippen molar-refractivity contribution in [2.75, 3.05) is 26.3 Å². The average Bonchev–Trinajstić information content (AvgIpc) is 2.69. The Morgan fingerprint density at radius 1 is 1.12 bits per heavy atom. The van der Waals surface area contributed by atoms with Crippen LogP contribution in [-0.2, 0) is 20.7 Å². The first kappa shape index (κ1) is 18.9. The van der Waals surface area contributed by atoms with Crippen LogP contribution >= 0.6 is 0 Å². The maximum absolute atomic E-state index is 12.6. The van der Waals surface area contributed by atoms with Crippen LogP contribution in [0.1, 0.15) is 31.2 Å². The van der Waals surface area contributed by atoms with E-state index in [1.54, 1.807) is 0 Å². The predicted molar refractivity (Wildman–Crippen MR) is 97.9 cm³/mol. The summed E-state index contributed by atoms with van der Waals surface area (Å²) in [6.07, 6.45) is 4.02. The molecule has 2 fully saturated rings. The van der Waals surface area contributed by atoms with Gasteiger partial charge in [-0.05, 0) is 44.3 Å². The molecule has 26 heavy (non-hydrogen) atoms. The van der Waals surface area contributed by atoms with E-state index in [2.05, 4.69) is 10.2 Å². The molecule has 1 aromatic rings. The maximum Gasteiger partial charge on any atom is 0.326 e. The Balaban J connectivity index is 1.49. The standard InChI is InChI=1S/C20H28N2O4/c23-19(21-18(20(24)25)14-15-4-2-1-3-5-15)16-6-10-22(11-7-16)17-8-12-26-13-9-17/h1-5,16-18H,6-14H2,(H,21,23)(H,24,25)/t18-/m0/s1. The Bertz CT molecular complexity index is 593. The van der Waals surface area contributed by atoms with Gasteiger partial charge in [0.2, 0.25) is 5.91 Å². The fourth-order valence-corrected chi connectivity index (χ4v) is 3.92. The van der Waals surface area contributed by atoms with Gasteiger partial charge in [0.25, 0.3) is 0 Å². The lowest BCUT2D eigenvalue weighted by atomic mass is 9.93. The second-order valence-electron chi connectivity index (χ2n) is 7.24. The zero-order valence-corrected chi connectivity index (χ0v) is 15.1. The zero-order valence-electron chi connectivity index (χ0n) is 15.1. The van der Waals surface area contributed by atoms with E-state index in [0.717, 1.165) is 57.6 Å². The molecule has 2 aliphatic rings. The average molecular weight is 360 g/mol. The molecule has 0 aliphatic carbocycles. The Morgan fingerprint density at radius 3 is 2.38 bits per heavy atom. The zero-order chi connectivity index (χ0) is 18.4. The van der Waals surface area contributed by atoms with Gasteiger partial charge in [-0.2, -0.15) is 0 Å². The van der Waals surface area contributed by atoms with Crippen molar-refractivity contribution in [1.29, 1.82) is 0 Å². The highest BCUT2D eigenvalue weighted by molar-refractivity contribution is 5.85. The molecule has 0 bridgehead atoms. The van der Waals surface area contributed by atoms with Gasteiger partial charge >= 0.3 is 5.97 Å². The molecular formula is C20H28N2O4. The van der Waals surface area contributed by atoms with Crippen molar-refractivity contribution in [1.82, 2.24) is 10.2 Å². The molecule has 0 aromatic heterocycles. The fraction of sp³-hybridized carbons (Fsp3) is 0.600. The summed E-state index contributed by atoms with van der Waals surface area (Å²) in [5.41, 5.74) is 0.912. The van der Waals surface area contributed by atoms with Crippen molar-refractivity contribution < 1.29 is 19.4 Å². The SMILES string of the molecule is O=C(N[C@@H](Cc1ccccc1)C(=O)O)C1CCN(C2CCOCC2)CC1. The first-order chi connectivity index (χ1) is 12.6. The van der Waals surface area contributed by atoms with Gasteiger partial charge in [-0.25, -0.2) is 4.79 Å². The van der Waals surface area contributed by atoms with Crippen LogP contribution in [0.25, 0.3) is 0 Å². The number of likely N-dealkylation sites (tertiary alicyclic amines) is 1. The van der Waals surface area contributed by atoms with Crippen LogP contribution in [0.5, 0.6) is 0 Å². The van der Waals surface area contributed by atoms with E-state index in [9.17, 15) is 14.7 Å². The van der Waals surface area contributed by atoms with Crippen LogP contribution in [-0.4, -0.2) is 60.3 Å². The van der Waals surface area contributed by atoms with E-state index in [-0.39, 0.29) is 11.8 Å². The third kappa shape index (κ3) is 5.05. The van der Waals surface area contributed by atoms with Gasteiger partial charge in [-0.1, -0.05) is 30.3 Å². The molecule has 0 spiro atoms. The minimum atomic E-state index is -0.984. The topological polar surface area (TPSA) is 78.9 Å². The van der Waals surface area contributed by atoms with E-state index in [4.69, 9.17) is 4.74 Å². The summed E-state index contributed by atoms with van der Waals surface area (Å²) in [6, 6.07) is 9.10. The molecule has 1 amide bonds. The third-order valence-electron chi connectivity index (χ3n) is 5.50. The maximum atomic E-state index is 12.6. The van der Waals surface area contributed by atoms with Crippen LogP contribution in [0.4, 0.5) is 0 Å². The van der Waals surface area contributed by atoms with Crippen molar-refractivity contribution >= 4 is 11.9 Å². The number of benzene rings is 1. The summed E-state index contributed by atoms with van der Waals surface area (Å²) in [6.45, 7) is 3.45. The number of aliphatic carboxylic acids is 1. The second-order valence-corrected chi connectivity index (χ2v) is 7.24. The number of carbonyl (C=O) groups excluding carboxylic acids is 1. The molecule has 0 radical (unpaired) electrons. The van der Waals surface area contributed by atoms with E-state index < -0.39 is 12.0 Å². The summed E-state index contributed by atoms with van der Waals surface area (Å²) >= 11 is 0. The summed E-state index contributed by atoms with van der Waals surface area (Å²) in [5.74, 6) is -1.20. The molecule has 2 aliphatic heterocycles. The van der Waals surface area contributed by atoms with Crippen molar-refractivity contribution in [3.8, 4) is 0 Å². The fourth-order valence-electron chi connectivity index (χ4n) is 3.92. The van der Waals surface area contributed by atoms with Gasteiger partial charge in [-0.3, -0.25) is 4.79 Å². The monoisotopic (exact) mass is 360 g/mol. The van der Waals surface area contributed by atoms with Crippen molar-refractivity contribution in [2.45, 2.75) is 44.2 Å². The van der Waals surface area contributed by atoms with Gasteiger partial charge in [0, 0.05) is 31.6 Å². The van der Waals surface area contributed by atoms with E-state index in [1.165, 1.54) is 0 Å². The Labute approximate surface area is 154 Å². The number of carboxylic acids is 1. The number of hydrogen-bond acceptors (Lipinski definition) is 4. The molecule has 1 aromatic carbocycles. The number of carboxylic acid groups (broad SMARTS) is 1. The highest BCUT2D eigenvalue weighted by atomic mass is 16.5. The molecule has 142 valence electrons. The molecule has 2 heterocycles. The Hall–Kier alpha value is -1.92.